The van der Waals surface area contributed by atoms with Crippen LogP contribution in [0.2, 0.25) is 0 Å². The Kier molecular flexibility index (Phi) is 7.81. The molecule has 7 nitrogen and oxygen atoms in total. The van der Waals surface area contributed by atoms with Gasteiger partial charge in [-0.25, -0.2) is 5.43 Å². The summed E-state index contributed by atoms with van der Waals surface area (Å²) in [5.41, 5.74) is 3.69. The molecule has 27 heavy (non-hydrogen) atoms. The topological polar surface area (TPSA) is 89.0 Å². The highest BCUT2D eigenvalue weighted by molar-refractivity contribution is 9.10. The molecule has 0 fully saturated rings. The van der Waals surface area contributed by atoms with Crippen LogP contribution in [0.25, 0.3) is 0 Å². The smallest absolute Gasteiger partial charge is 0.251 e. The zero-order chi connectivity index (χ0) is 19.6. The second-order valence-corrected chi connectivity index (χ2v) is 6.26. The SMILES string of the molecule is COc1cc(C=NNC(=O)CCNC(=O)c2ccccc2)cc(Br)c1OC. The van der Waals surface area contributed by atoms with E-state index < -0.39 is 0 Å². The second-order valence-electron chi connectivity index (χ2n) is 5.40. The molecule has 2 rings (SSSR count). The lowest BCUT2D eigenvalue weighted by atomic mass is 10.2. The molecule has 2 aromatic rings. The largest absolute Gasteiger partial charge is 0.493 e. The maximum Gasteiger partial charge on any atom is 0.251 e. The monoisotopic (exact) mass is 433 g/mol. The lowest BCUT2D eigenvalue weighted by Gasteiger charge is -2.10. The minimum absolute atomic E-state index is 0.117. The fraction of sp³-hybridized carbons (Fsp3) is 0.211. The van der Waals surface area contributed by atoms with Gasteiger partial charge >= 0.3 is 0 Å². The van der Waals surface area contributed by atoms with E-state index in [1.807, 2.05) is 6.07 Å². The predicted octanol–water partition coefficient (Wildman–Crippen LogP) is 2.74. The third-order valence-corrected chi connectivity index (χ3v) is 4.12. The summed E-state index contributed by atoms with van der Waals surface area (Å²) in [5.74, 6) is 0.595. The van der Waals surface area contributed by atoms with Crippen LogP contribution in [0.5, 0.6) is 11.5 Å². The van der Waals surface area contributed by atoms with Gasteiger partial charge in [0.15, 0.2) is 11.5 Å². The number of ether oxygens (including phenoxy) is 2. The van der Waals surface area contributed by atoms with Crippen LogP contribution in [0, 0.1) is 0 Å². The Balaban J connectivity index is 1.81. The summed E-state index contributed by atoms with van der Waals surface area (Å²) in [7, 11) is 3.09. The molecule has 0 saturated heterocycles. The van der Waals surface area contributed by atoms with Crippen molar-refractivity contribution in [3.8, 4) is 11.5 Å². The quantitative estimate of drug-likeness (QED) is 0.494. The standard InChI is InChI=1S/C19H20BrN3O4/c1-26-16-11-13(10-15(20)18(16)27-2)12-22-23-17(24)8-9-21-19(25)14-6-4-3-5-7-14/h3-7,10-12H,8-9H2,1-2H3,(H,21,25)(H,23,24). The fourth-order valence-electron chi connectivity index (χ4n) is 2.23. The van der Waals surface area contributed by atoms with Gasteiger partial charge in [-0.05, 0) is 45.8 Å². The van der Waals surface area contributed by atoms with Crippen LogP contribution in [0.4, 0.5) is 0 Å². The van der Waals surface area contributed by atoms with E-state index in [0.717, 1.165) is 5.56 Å². The number of benzene rings is 2. The van der Waals surface area contributed by atoms with Gasteiger partial charge in [0.25, 0.3) is 5.91 Å². The number of nitrogens with zero attached hydrogens (tertiary/aromatic N) is 1. The van der Waals surface area contributed by atoms with Crippen LogP contribution < -0.4 is 20.2 Å². The molecule has 142 valence electrons. The Hall–Kier alpha value is -2.87. The van der Waals surface area contributed by atoms with Crippen molar-refractivity contribution in [1.29, 1.82) is 0 Å². The van der Waals surface area contributed by atoms with Crippen molar-refractivity contribution in [3.05, 3.63) is 58.1 Å². The predicted molar refractivity (Wildman–Crippen MR) is 106 cm³/mol. The van der Waals surface area contributed by atoms with E-state index in [-0.39, 0.29) is 24.8 Å². The number of methoxy groups -OCH3 is 2. The van der Waals surface area contributed by atoms with E-state index in [9.17, 15) is 9.59 Å². The van der Waals surface area contributed by atoms with Crippen LogP contribution >= 0.6 is 15.9 Å². The third kappa shape index (κ3) is 6.10. The number of halogens is 1. The number of hydrogen-bond acceptors (Lipinski definition) is 5. The summed E-state index contributed by atoms with van der Waals surface area (Å²) in [4.78, 5) is 23.7. The average Bonchev–Trinajstić information content (AvgIpc) is 2.68. The lowest BCUT2D eigenvalue weighted by Crippen LogP contribution is -2.28. The molecular weight excluding hydrogens is 414 g/mol. The Morgan fingerprint density at radius 1 is 1.15 bits per heavy atom. The van der Waals surface area contributed by atoms with Gasteiger partial charge in [-0.3, -0.25) is 9.59 Å². The highest BCUT2D eigenvalue weighted by atomic mass is 79.9. The van der Waals surface area contributed by atoms with Gasteiger partial charge in [-0.2, -0.15) is 5.10 Å². The maximum atomic E-state index is 11.9. The van der Waals surface area contributed by atoms with Crippen LogP contribution in [0.1, 0.15) is 22.3 Å². The number of nitrogens with one attached hydrogen (secondary N) is 2. The van der Waals surface area contributed by atoms with Crippen molar-refractivity contribution in [3.63, 3.8) is 0 Å². The van der Waals surface area contributed by atoms with E-state index in [2.05, 4.69) is 31.8 Å². The molecule has 2 amide bonds. The summed E-state index contributed by atoms with van der Waals surface area (Å²) in [6.45, 7) is 0.219. The molecule has 0 heterocycles. The second kappa shape index (κ2) is 10.3. The highest BCUT2D eigenvalue weighted by Crippen LogP contribution is 2.35. The van der Waals surface area contributed by atoms with E-state index in [0.29, 0.717) is 21.5 Å². The number of carbonyl (C=O) groups is 2. The van der Waals surface area contributed by atoms with Crippen LogP contribution in [0.3, 0.4) is 0 Å². The Morgan fingerprint density at radius 3 is 2.56 bits per heavy atom. The highest BCUT2D eigenvalue weighted by Gasteiger charge is 2.10. The third-order valence-electron chi connectivity index (χ3n) is 3.53. The van der Waals surface area contributed by atoms with Gasteiger partial charge in [-0.15, -0.1) is 0 Å². The molecule has 8 heteroatoms. The molecular formula is C19H20BrN3O4. The van der Waals surface area contributed by atoms with Gasteiger partial charge in [0, 0.05) is 18.5 Å². The first-order chi connectivity index (χ1) is 13.0. The van der Waals surface area contributed by atoms with E-state index in [1.165, 1.54) is 13.3 Å². The Labute approximate surface area is 165 Å². The molecule has 0 spiro atoms. The number of amides is 2. The Bertz CT molecular complexity index is 825. The van der Waals surface area contributed by atoms with Crippen molar-refractivity contribution < 1.29 is 19.1 Å². The molecule has 0 aromatic heterocycles. The Morgan fingerprint density at radius 2 is 1.89 bits per heavy atom. The molecule has 0 saturated carbocycles. The van der Waals surface area contributed by atoms with Crippen LogP contribution in [-0.4, -0.2) is 38.8 Å². The molecule has 0 aliphatic heterocycles. The molecule has 0 atom stereocenters. The van der Waals surface area contributed by atoms with Crippen molar-refractivity contribution in [1.82, 2.24) is 10.7 Å². The van der Waals surface area contributed by atoms with Crippen molar-refractivity contribution in [2.45, 2.75) is 6.42 Å². The first-order valence-corrected chi connectivity index (χ1v) is 8.91. The van der Waals surface area contributed by atoms with Gasteiger partial charge in [0.2, 0.25) is 5.91 Å². The lowest BCUT2D eigenvalue weighted by molar-refractivity contribution is -0.120. The maximum absolute atomic E-state index is 11.9. The molecule has 0 unspecified atom stereocenters. The van der Waals surface area contributed by atoms with Gasteiger partial charge in [0.05, 0.1) is 24.9 Å². The van der Waals surface area contributed by atoms with Gasteiger partial charge in [0.1, 0.15) is 0 Å². The summed E-state index contributed by atoms with van der Waals surface area (Å²) < 4.78 is 11.2. The van der Waals surface area contributed by atoms with Gasteiger partial charge < -0.3 is 14.8 Å². The number of rotatable bonds is 8. The molecule has 2 aromatic carbocycles. The van der Waals surface area contributed by atoms with Crippen LogP contribution in [0.15, 0.2) is 52.0 Å². The molecule has 0 aliphatic rings. The zero-order valence-electron chi connectivity index (χ0n) is 15.0. The zero-order valence-corrected chi connectivity index (χ0v) is 16.6. The number of carbonyl (C=O) groups excluding carboxylic acids is 2. The minimum atomic E-state index is -0.306. The van der Waals surface area contributed by atoms with Gasteiger partial charge in [-0.1, -0.05) is 18.2 Å². The molecule has 0 bridgehead atoms. The summed E-state index contributed by atoms with van der Waals surface area (Å²) >= 11 is 3.39. The molecule has 2 N–H and O–H groups in total. The normalized spacial score (nSPS) is 10.5. The number of hydrazone groups is 1. The first-order valence-electron chi connectivity index (χ1n) is 8.11. The van der Waals surface area contributed by atoms with E-state index in [1.54, 1.807) is 43.5 Å². The molecule has 0 aliphatic carbocycles. The number of hydrogen-bond donors (Lipinski definition) is 2. The van der Waals surface area contributed by atoms with Crippen molar-refractivity contribution in [2.75, 3.05) is 20.8 Å². The first kappa shape index (κ1) is 20.4. The van der Waals surface area contributed by atoms with Crippen LogP contribution in [-0.2, 0) is 4.79 Å². The van der Waals surface area contributed by atoms with E-state index in [4.69, 9.17) is 9.47 Å². The van der Waals surface area contributed by atoms with Crippen molar-refractivity contribution in [2.24, 2.45) is 5.10 Å². The summed E-state index contributed by atoms with van der Waals surface area (Å²) in [6.07, 6.45) is 1.61. The fourth-order valence-corrected chi connectivity index (χ4v) is 2.85. The molecule has 0 radical (unpaired) electrons. The average molecular weight is 434 g/mol. The van der Waals surface area contributed by atoms with Crippen molar-refractivity contribution >= 4 is 34.0 Å². The summed E-state index contributed by atoms with van der Waals surface area (Å²) in [5, 5.41) is 6.60. The summed E-state index contributed by atoms with van der Waals surface area (Å²) in [6, 6.07) is 12.3. The van der Waals surface area contributed by atoms with E-state index >= 15 is 0 Å². The minimum Gasteiger partial charge on any atom is -0.493 e.